The Bertz CT molecular complexity index is 2550. The molecule has 0 heterocycles. The molecule has 8 aromatic carbocycles. The molecule has 0 aliphatic heterocycles. The lowest BCUT2D eigenvalue weighted by molar-refractivity contribution is 1.29. The zero-order chi connectivity index (χ0) is 37.9. The molecule has 0 N–H and O–H groups in total. The van der Waals surface area contributed by atoms with Gasteiger partial charge in [-0.3, -0.25) is 0 Å². The molecule has 0 bridgehead atoms. The van der Waals surface area contributed by atoms with E-state index in [0.717, 1.165) is 22.6 Å². The molecule has 0 aromatic heterocycles. The fraction of sp³-hybridized carbons (Fsp3) is 0.0182. The summed E-state index contributed by atoms with van der Waals surface area (Å²) in [6.45, 7) is 2.14. The number of fused-ring (bicyclic) bond motifs is 1. The van der Waals surface area contributed by atoms with Crippen LogP contribution in [0.3, 0.4) is 0 Å². The SMILES string of the molecule is Cc1ccc(N(c2ccc(C=CC=C(c3ccccc3)c3ccccc3)cc2)c2ccc(C=CC=C(c3ccccc3)c3ccccc3)c3ccccc23)cc1. The topological polar surface area (TPSA) is 3.24 Å². The van der Waals surface area contributed by atoms with Gasteiger partial charge in [0.15, 0.2) is 0 Å². The molecule has 0 spiro atoms. The van der Waals surface area contributed by atoms with Crippen molar-refractivity contribution in [3.63, 3.8) is 0 Å². The molecule has 0 unspecified atom stereocenters. The third kappa shape index (κ3) is 8.29. The molecule has 1 nitrogen and oxygen atoms in total. The molecule has 0 saturated carbocycles. The first-order valence-corrected chi connectivity index (χ1v) is 19.2. The molecule has 0 atom stereocenters. The van der Waals surface area contributed by atoms with E-state index in [4.69, 9.17) is 0 Å². The fourth-order valence-corrected chi connectivity index (χ4v) is 7.19. The van der Waals surface area contributed by atoms with Gasteiger partial charge in [0.1, 0.15) is 0 Å². The number of anilines is 3. The highest BCUT2D eigenvalue weighted by atomic mass is 15.1. The summed E-state index contributed by atoms with van der Waals surface area (Å²) in [7, 11) is 0. The average molecular weight is 718 g/mol. The number of nitrogens with zero attached hydrogens (tertiary/aromatic N) is 1. The molecule has 56 heavy (non-hydrogen) atoms. The van der Waals surface area contributed by atoms with Crippen LogP contribution in [0.4, 0.5) is 17.1 Å². The Morgan fingerprint density at radius 2 is 0.786 bits per heavy atom. The van der Waals surface area contributed by atoms with Gasteiger partial charge in [-0.25, -0.2) is 0 Å². The second kappa shape index (κ2) is 17.3. The second-order valence-corrected chi connectivity index (χ2v) is 13.8. The van der Waals surface area contributed by atoms with Crippen molar-refractivity contribution in [2.75, 3.05) is 4.90 Å². The van der Waals surface area contributed by atoms with Crippen LogP contribution in [0.5, 0.6) is 0 Å². The number of allylic oxidation sites excluding steroid dienone is 4. The van der Waals surface area contributed by atoms with Crippen molar-refractivity contribution in [2.24, 2.45) is 0 Å². The number of hydrogen-bond acceptors (Lipinski definition) is 1. The summed E-state index contributed by atoms with van der Waals surface area (Å²) in [5.41, 5.74) is 14.1. The van der Waals surface area contributed by atoms with Crippen LogP contribution < -0.4 is 4.90 Å². The van der Waals surface area contributed by atoms with E-state index in [2.05, 4.69) is 255 Å². The van der Waals surface area contributed by atoms with Crippen molar-refractivity contribution in [1.29, 1.82) is 0 Å². The Morgan fingerprint density at radius 1 is 0.375 bits per heavy atom. The summed E-state index contributed by atoms with van der Waals surface area (Å²) >= 11 is 0. The summed E-state index contributed by atoms with van der Waals surface area (Å²) in [5, 5.41) is 2.39. The van der Waals surface area contributed by atoms with Gasteiger partial charge in [0.25, 0.3) is 0 Å². The minimum absolute atomic E-state index is 1.10. The van der Waals surface area contributed by atoms with Crippen LogP contribution in [0.2, 0.25) is 0 Å². The quantitative estimate of drug-likeness (QED) is 0.120. The van der Waals surface area contributed by atoms with Crippen molar-refractivity contribution in [2.45, 2.75) is 6.92 Å². The molecule has 0 fully saturated rings. The number of hydrogen-bond donors (Lipinski definition) is 0. The van der Waals surface area contributed by atoms with Crippen molar-refractivity contribution < 1.29 is 0 Å². The van der Waals surface area contributed by atoms with Crippen LogP contribution in [0.25, 0.3) is 34.1 Å². The van der Waals surface area contributed by atoms with E-state index in [1.807, 2.05) is 0 Å². The fourth-order valence-electron chi connectivity index (χ4n) is 7.19. The Morgan fingerprint density at radius 3 is 1.27 bits per heavy atom. The van der Waals surface area contributed by atoms with Gasteiger partial charge < -0.3 is 4.90 Å². The monoisotopic (exact) mass is 717 g/mol. The number of aryl methyl sites for hydroxylation is 1. The third-order valence-corrected chi connectivity index (χ3v) is 10.0. The van der Waals surface area contributed by atoms with Gasteiger partial charge in [-0.2, -0.15) is 0 Å². The molecule has 1 heteroatoms. The second-order valence-electron chi connectivity index (χ2n) is 13.8. The van der Waals surface area contributed by atoms with Crippen molar-refractivity contribution >= 4 is 51.1 Å². The lowest BCUT2D eigenvalue weighted by Gasteiger charge is -2.27. The van der Waals surface area contributed by atoms with E-state index in [-0.39, 0.29) is 0 Å². The summed E-state index contributed by atoms with van der Waals surface area (Å²) in [6.07, 6.45) is 13.2. The maximum atomic E-state index is 2.37. The van der Waals surface area contributed by atoms with Crippen LogP contribution >= 0.6 is 0 Å². The number of rotatable bonds is 11. The smallest absolute Gasteiger partial charge is 0.0540 e. The van der Waals surface area contributed by atoms with Gasteiger partial charge in [-0.15, -0.1) is 0 Å². The standard InChI is InChI=1S/C55H43N/c1-42-32-37-49(38-33-42)56(50-39-34-43(35-40-50)18-16-30-51(44-19-6-2-7-20-44)45-21-8-3-9-22-45)55-41-36-48(53-28-14-15-29-54(53)55)27-17-31-52(46-23-10-4-11-24-46)47-25-12-5-13-26-47/h2-41H,1H3. The van der Waals surface area contributed by atoms with Gasteiger partial charge in [0, 0.05) is 16.8 Å². The molecule has 0 amide bonds. The maximum absolute atomic E-state index is 2.37. The van der Waals surface area contributed by atoms with E-state index < -0.39 is 0 Å². The van der Waals surface area contributed by atoms with E-state index in [9.17, 15) is 0 Å². The minimum atomic E-state index is 1.10. The first-order valence-electron chi connectivity index (χ1n) is 19.2. The molecular weight excluding hydrogens is 675 g/mol. The van der Waals surface area contributed by atoms with E-state index in [1.165, 1.54) is 55.3 Å². The first-order chi connectivity index (χ1) is 27.7. The van der Waals surface area contributed by atoms with Crippen molar-refractivity contribution in [1.82, 2.24) is 0 Å². The minimum Gasteiger partial charge on any atom is -0.310 e. The van der Waals surface area contributed by atoms with Gasteiger partial charge >= 0.3 is 0 Å². The summed E-state index contributed by atoms with van der Waals surface area (Å²) in [5.74, 6) is 0. The van der Waals surface area contributed by atoms with Crippen LogP contribution in [0, 0.1) is 6.92 Å². The average Bonchev–Trinajstić information content (AvgIpc) is 3.27. The van der Waals surface area contributed by atoms with Crippen molar-refractivity contribution in [3.8, 4) is 0 Å². The van der Waals surface area contributed by atoms with Crippen LogP contribution in [0.15, 0.2) is 231 Å². The molecule has 0 saturated heterocycles. The van der Waals surface area contributed by atoms with Crippen molar-refractivity contribution in [3.05, 3.63) is 270 Å². The molecule has 8 rings (SSSR count). The lowest BCUT2D eigenvalue weighted by Crippen LogP contribution is -2.10. The molecule has 268 valence electrons. The zero-order valence-electron chi connectivity index (χ0n) is 31.5. The van der Waals surface area contributed by atoms with Crippen LogP contribution in [-0.4, -0.2) is 0 Å². The molecule has 0 aliphatic carbocycles. The summed E-state index contributed by atoms with van der Waals surface area (Å²) in [6, 6.07) is 73.2. The van der Waals surface area contributed by atoms with Crippen LogP contribution in [-0.2, 0) is 0 Å². The summed E-state index contributed by atoms with van der Waals surface area (Å²) < 4.78 is 0. The predicted molar refractivity (Wildman–Crippen MR) is 241 cm³/mol. The van der Waals surface area contributed by atoms with E-state index in [0.29, 0.717) is 0 Å². The van der Waals surface area contributed by atoms with Crippen LogP contribution in [0.1, 0.15) is 38.9 Å². The van der Waals surface area contributed by atoms with E-state index in [1.54, 1.807) is 0 Å². The maximum Gasteiger partial charge on any atom is 0.0540 e. The predicted octanol–water partition coefficient (Wildman–Crippen LogP) is 14.9. The summed E-state index contributed by atoms with van der Waals surface area (Å²) in [4.78, 5) is 2.37. The molecule has 8 aromatic rings. The Hall–Kier alpha value is -7.22. The van der Waals surface area contributed by atoms with Gasteiger partial charge in [-0.05, 0) is 87.2 Å². The molecule has 0 radical (unpaired) electrons. The molecule has 0 aliphatic rings. The highest BCUT2D eigenvalue weighted by molar-refractivity contribution is 6.03. The van der Waals surface area contributed by atoms with Gasteiger partial charge in [-0.1, -0.05) is 218 Å². The Kier molecular flexibility index (Phi) is 11.0. The Balaban J connectivity index is 1.14. The zero-order valence-corrected chi connectivity index (χ0v) is 31.5. The third-order valence-electron chi connectivity index (χ3n) is 10.0. The molecular formula is C55H43N. The Labute approximate surface area is 331 Å². The number of benzene rings is 8. The highest BCUT2D eigenvalue weighted by Crippen LogP contribution is 2.40. The lowest BCUT2D eigenvalue weighted by atomic mass is 9.97. The highest BCUT2D eigenvalue weighted by Gasteiger charge is 2.16. The first kappa shape index (κ1) is 35.8. The largest absolute Gasteiger partial charge is 0.310 e. The van der Waals surface area contributed by atoms with Gasteiger partial charge in [0.05, 0.1) is 5.69 Å². The normalized spacial score (nSPS) is 11.2. The van der Waals surface area contributed by atoms with Gasteiger partial charge in [0.2, 0.25) is 0 Å². The van der Waals surface area contributed by atoms with E-state index >= 15 is 0 Å².